The number of rotatable bonds is 4. The highest BCUT2D eigenvalue weighted by molar-refractivity contribution is 5.79. The molecule has 4 rings (SSSR count). The summed E-state index contributed by atoms with van der Waals surface area (Å²) in [4.78, 5) is 15.6. The van der Waals surface area contributed by atoms with E-state index in [-0.39, 0.29) is 0 Å². The number of pyridine rings is 2. The second-order valence-corrected chi connectivity index (χ2v) is 6.40. The first-order valence-electron chi connectivity index (χ1n) is 8.55. The average Bonchev–Trinajstić information content (AvgIpc) is 3.26. The Bertz CT molecular complexity index is 1080. The molecule has 4 heterocycles. The fourth-order valence-electron chi connectivity index (χ4n) is 3.11. The first-order valence-corrected chi connectivity index (χ1v) is 8.55. The molecule has 0 aromatic carbocycles. The van der Waals surface area contributed by atoms with Gasteiger partial charge in [-0.3, -0.25) is 9.67 Å². The Labute approximate surface area is 151 Å². The standard InChI is InChI=1S/C19H21N7/c1-5-13-6-15(14-8-23-25(3)11-14)20-10-18(13)26(4)19-7-17-16(9-21-19)22-12-24(17)2/h6-12H,5H2,1-4H3. The highest BCUT2D eigenvalue weighted by Crippen LogP contribution is 2.30. The summed E-state index contributed by atoms with van der Waals surface area (Å²) in [5.74, 6) is 0.867. The maximum Gasteiger partial charge on any atom is 0.134 e. The summed E-state index contributed by atoms with van der Waals surface area (Å²) >= 11 is 0. The maximum absolute atomic E-state index is 4.65. The smallest absolute Gasteiger partial charge is 0.134 e. The normalized spacial score (nSPS) is 11.2. The van der Waals surface area contributed by atoms with Crippen LogP contribution in [0.15, 0.2) is 43.2 Å². The number of hydrogen-bond acceptors (Lipinski definition) is 5. The summed E-state index contributed by atoms with van der Waals surface area (Å²) in [6.07, 6.45) is 10.2. The van der Waals surface area contributed by atoms with Crippen molar-refractivity contribution in [3.05, 3.63) is 48.8 Å². The highest BCUT2D eigenvalue weighted by atomic mass is 15.2. The number of aromatic nitrogens is 6. The zero-order chi connectivity index (χ0) is 18.3. The van der Waals surface area contributed by atoms with E-state index in [0.29, 0.717) is 0 Å². The van der Waals surface area contributed by atoms with Crippen molar-refractivity contribution >= 4 is 22.5 Å². The van der Waals surface area contributed by atoms with E-state index in [4.69, 9.17) is 0 Å². The van der Waals surface area contributed by atoms with Crippen LogP contribution in [0, 0.1) is 0 Å². The number of hydrogen-bond donors (Lipinski definition) is 0. The summed E-state index contributed by atoms with van der Waals surface area (Å²) in [7, 11) is 5.91. The van der Waals surface area contributed by atoms with Gasteiger partial charge >= 0.3 is 0 Å². The Morgan fingerprint density at radius 3 is 2.62 bits per heavy atom. The SMILES string of the molecule is CCc1cc(-c2cnn(C)c2)ncc1N(C)c1cc2c(cn1)ncn2C. The Balaban J connectivity index is 1.74. The summed E-state index contributed by atoms with van der Waals surface area (Å²) in [6.45, 7) is 2.15. The largest absolute Gasteiger partial charge is 0.334 e. The predicted octanol–water partition coefficient (Wildman–Crippen LogP) is 3.09. The molecule has 0 radical (unpaired) electrons. The molecule has 0 aliphatic rings. The van der Waals surface area contributed by atoms with Gasteiger partial charge in [0.1, 0.15) is 11.3 Å². The number of aryl methyl sites for hydroxylation is 3. The second kappa shape index (κ2) is 6.25. The van der Waals surface area contributed by atoms with E-state index in [1.165, 1.54) is 5.56 Å². The Hall–Kier alpha value is -3.22. The molecule has 4 aromatic heterocycles. The van der Waals surface area contributed by atoms with Gasteiger partial charge in [0, 0.05) is 39.0 Å². The van der Waals surface area contributed by atoms with Crippen LogP contribution in [0.4, 0.5) is 11.5 Å². The molecule has 0 fully saturated rings. The molecule has 0 saturated carbocycles. The van der Waals surface area contributed by atoms with Crippen LogP contribution in [0.3, 0.4) is 0 Å². The van der Waals surface area contributed by atoms with Crippen LogP contribution in [0.2, 0.25) is 0 Å². The van der Waals surface area contributed by atoms with E-state index in [9.17, 15) is 0 Å². The van der Waals surface area contributed by atoms with Crippen LogP contribution in [-0.2, 0) is 20.5 Å². The fraction of sp³-hybridized carbons (Fsp3) is 0.263. The van der Waals surface area contributed by atoms with Gasteiger partial charge in [0.25, 0.3) is 0 Å². The second-order valence-electron chi connectivity index (χ2n) is 6.40. The van der Waals surface area contributed by atoms with E-state index >= 15 is 0 Å². The van der Waals surface area contributed by atoms with Crippen LogP contribution < -0.4 is 4.90 Å². The van der Waals surface area contributed by atoms with Crippen molar-refractivity contribution in [2.45, 2.75) is 13.3 Å². The molecule has 0 amide bonds. The van der Waals surface area contributed by atoms with Crippen LogP contribution in [0.25, 0.3) is 22.3 Å². The summed E-state index contributed by atoms with van der Waals surface area (Å²) in [5.41, 5.74) is 6.17. The first-order chi connectivity index (χ1) is 12.6. The Kier molecular flexibility index (Phi) is 3.91. The van der Waals surface area contributed by atoms with Crippen LogP contribution >= 0.6 is 0 Å². The van der Waals surface area contributed by atoms with Gasteiger partial charge < -0.3 is 9.47 Å². The van der Waals surface area contributed by atoms with Crippen LogP contribution in [0.5, 0.6) is 0 Å². The molecule has 0 saturated heterocycles. The van der Waals surface area contributed by atoms with E-state index in [1.807, 2.05) is 50.5 Å². The molecule has 0 spiro atoms. The van der Waals surface area contributed by atoms with Gasteiger partial charge in [-0.25, -0.2) is 9.97 Å². The first kappa shape index (κ1) is 16.3. The topological polar surface area (TPSA) is 64.7 Å². The lowest BCUT2D eigenvalue weighted by molar-refractivity contribution is 0.768. The van der Waals surface area contributed by atoms with Gasteiger partial charge in [0.05, 0.1) is 41.8 Å². The third-order valence-electron chi connectivity index (χ3n) is 4.65. The van der Waals surface area contributed by atoms with Gasteiger partial charge in [-0.15, -0.1) is 0 Å². The molecule has 0 unspecified atom stereocenters. The fourth-order valence-corrected chi connectivity index (χ4v) is 3.11. The van der Waals surface area contributed by atoms with E-state index in [0.717, 1.165) is 40.2 Å². The number of imidazole rings is 1. The molecule has 26 heavy (non-hydrogen) atoms. The summed E-state index contributed by atoms with van der Waals surface area (Å²) in [6, 6.07) is 4.18. The summed E-state index contributed by atoms with van der Waals surface area (Å²) < 4.78 is 3.79. The van der Waals surface area contributed by atoms with Crippen molar-refractivity contribution in [3.8, 4) is 11.3 Å². The van der Waals surface area contributed by atoms with Gasteiger partial charge in [-0.2, -0.15) is 5.10 Å². The third kappa shape index (κ3) is 2.71. The van der Waals surface area contributed by atoms with Gasteiger partial charge in [0.2, 0.25) is 0 Å². The van der Waals surface area contributed by atoms with E-state index in [1.54, 1.807) is 11.0 Å². The van der Waals surface area contributed by atoms with Gasteiger partial charge in [0.15, 0.2) is 0 Å². The third-order valence-corrected chi connectivity index (χ3v) is 4.65. The lowest BCUT2D eigenvalue weighted by Gasteiger charge is -2.21. The Morgan fingerprint density at radius 2 is 1.88 bits per heavy atom. The molecule has 0 aliphatic heterocycles. The van der Waals surface area contributed by atoms with Crippen molar-refractivity contribution < 1.29 is 0 Å². The minimum Gasteiger partial charge on any atom is -0.334 e. The lowest BCUT2D eigenvalue weighted by atomic mass is 10.1. The van der Waals surface area contributed by atoms with Crippen molar-refractivity contribution in [1.29, 1.82) is 0 Å². The number of fused-ring (bicyclic) bond motifs is 1. The number of nitrogens with zero attached hydrogens (tertiary/aromatic N) is 7. The maximum atomic E-state index is 4.65. The molecule has 0 aliphatic carbocycles. The van der Waals surface area contributed by atoms with Crippen molar-refractivity contribution in [2.24, 2.45) is 14.1 Å². The van der Waals surface area contributed by atoms with E-state index in [2.05, 4.69) is 44.0 Å². The molecule has 4 aromatic rings. The summed E-state index contributed by atoms with van der Waals surface area (Å²) in [5, 5.41) is 4.23. The zero-order valence-electron chi connectivity index (χ0n) is 15.4. The molecular formula is C19H21N7. The molecule has 0 bridgehead atoms. The van der Waals surface area contributed by atoms with Crippen molar-refractivity contribution in [3.63, 3.8) is 0 Å². The van der Waals surface area contributed by atoms with Gasteiger partial charge in [-0.1, -0.05) is 6.92 Å². The zero-order valence-corrected chi connectivity index (χ0v) is 15.4. The quantitative estimate of drug-likeness (QED) is 0.567. The molecule has 0 N–H and O–H groups in total. The molecule has 7 heteroatoms. The minimum atomic E-state index is 0.867. The van der Waals surface area contributed by atoms with Crippen molar-refractivity contribution in [2.75, 3.05) is 11.9 Å². The predicted molar refractivity (Wildman–Crippen MR) is 102 cm³/mol. The van der Waals surface area contributed by atoms with Gasteiger partial charge in [-0.05, 0) is 18.1 Å². The van der Waals surface area contributed by atoms with Crippen LogP contribution in [0.1, 0.15) is 12.5 Å². The monoisotopic (exact) mass is 347 g/mol. The highest BCUT2D eigenvalue weighted by Gasteiger charge is 2.14. The average molecular weight is 347 g/mol. The number of anilines is 2. The minimum absolute atomic E-state index is 0.867. The Morgan fingerprint density at radius 1 is 1.04 bits per heavy atom. The molecule has 0 atom stereocenters. The van der Waals surface area contributed by atoms with Crippen molar-refractivity contribution in [1.82, 2.24) is 29.3 Å². The van der Waals surface area contributed by atoms with E-state index < -0.39 is 0 Å². The molecule has 132 valence electrons. The van der Waals surface area contributed by atoms with Crippen LogP contribution in [-0.4, -0.2) is 36.3 Å². The lowest BCUT2D eigenvalue weighted by Crippen LogP contribution is -2.14. The molecule has 7 nitrogen and oxygen atoms in total. The molecular weight excluding hydrogens is 326 g/mol.